The first kappa shape index (κ1) is 19.1. The van der Waals surface area contributed by atoms with Crippen LogP contribution >= 0.6 is 0 Å². The Morgan fingerprint density at radius 2 is 2.21 bits per heavy atom. The number of rotatable bonds is 9. The third-order valence-electron chi connectivity index (χ3n) is 3.98. The van der Waals surface area contributed by atoms with Crippen molar-refractivity contribution in [2.24, 2.45) is 5.92 Å². The molecule has 24 heavy (non-hydrogen) atoms. The number of nitrogens with one attached hydrogen (secondary N) is 2. The Bertz CT molecular complexity index is 619. The molecule has 0 bridgehead atoms. The highest BCUT2D eigenvalue weighted by atomic mass is 32.2. The van der Waals surface area contributed by atoms with Crippen LogP contribution < -0.4 is 14.8 Å². The van der Waals surface area contributed by atoms with Crippen molar-refractivity contribution in [3.63, 3.8) is 0 Å². The second kappa shape index (κ2) is 9.31. The molecule has 0 spiro atoms. The van der Waals surface area contributed by atoms with Gasteiger partial charge in [0, 0.05) is 13.7 Å². The maximum atomic E-state index is 13.5. The van der Waals surface area contributed by atoms with Gasteiger partial charge >= 0.3 is 0 Å². The summed E-state index contributed by atoms with van der Waals surface area (Å²) in [5.74, 6) is -0.0300. The van der Waals surface area contributed by atoms with Gasteiger partial charge in [-0.1, -0.05) is 0 Å². The molecular formula is C16H25FN2O4S. The lowest BCUT2D eigenvalue weighted by molar-refractivity contribution is 0.144. The largest absolute Gasteiger partial charge is 0.490 e. The molecule has 2 rings (SSSR count). The van der Waals surface area contributed by atoms with Gasteiger partial charge in [0.1, 0.15) is 23.1 Å². The van der Waals surface area contributed by atoms with E-state index in [1.165, 1.54) is 19.2 Å². The van der Waals surface area contributed by atoms with Crippen LogP contribution in [0.4, 0.5) is 4.39 Å². The van der Waals surface area contributed by atoms with Crippen LogP contribution in [-0.2, 0) is 14.8 Å². The highest BCUT2D eigenvalue weighted by Gasteiger charge is 2.21. The van der Waals surface area contributed by atoms with Crippen molar-refractivity contribution in [3.8, 4) is 5.75 Å². The fourth-order valence-electron chi connectivity index (χ4n) is 2.69. The van der Waals surface area contributed by atoms with E-state index < -0.39 is 15.8 Å². The predicted molar refractivity (Wildman–Crippen MR) is 89.2 cm³/mol. The van der Waals surface area contributed by atoms with Crippen LogP contribution in [-0.4, -0.2) is 48.4 Å². The Morgan fingerprint density at radius 3 is 2.92 bits per heavy atom. The summed E-state index contributed by atoms with van der Waals surface area (Å²) in [5.41, 5.74) is 0. The van der Waals surface area contributed by atoms with Crippen LogP contribution in [0.25, 0.3) is 0 Å². The van der Waals surface area contributed by atoms with Crippen molar-refractivity contribution in [3.05, 3.63) is 24.0 Å². The molecule has 1 atom stereocenters. The van der Waals surface area contributed by atoms with E-state index in [0.29, 0.717) is 19.1 Å². The minimum Gasteiger partial charge on any atom is -0.490 e. The normalized spacial score (nSPS) is 18.5. The monoisotopic (exact) mass is 360 g/mol. The first-order chi connectivity index (χ1) is 11.5. The maximum Gasteiger partial charge on any atom is 0.244 e. The summed E-state index contributed by atoms with van der Waals surface area (Å²) in [5, 5.41) is 3.30. The van der Waals surface area contributed by atoms with Crippen molar-refractivity contribution in [1.82, 2.24) is 10.0 Å². The summed E-state index contributed by atoms with van der Waals surface area (Å²) in [6, 6.07) is 3.48. The third kappa shape index (κ3) is 5.70. The van der Waals surface area contributed by atoms with Crippen LogP contribution in [0.1, 0.15) is 19.3 Å². The van der Waals surface area contributed by atoms with Gasteiger partial charge in [-0.25, -0.2) is 17.5 Å². The molecule has 1 fully saturated rings. The Kier molecular flexibility index (Phi) is 7.41. The average molecular weight is 360 g/mol. The van der Waals surface area contributed by atoms with Crippen LogP contribution in [0.5, 0.6) is 5.75 Å². The first-order valence-electron chi connectivity index (χ1n) is 8.14. The van der Waals surface area contributed by atoms with E-state index >= 15 is 0 Å². The topological polar surface area (TPSA) is 76.7 Å². The van der Waals surface area contributed by atoms with Crippen LogP contribution in [0.2, 0.25) is 0 Å². The van der Waals surface area contributed by atoms with Gasteiger partial charge in [0.15, 0.2) is 0 Å². The number of piperidine rings is 1. The second-order valence-corrected chi connectivity index (χ2v) is 7.57. The number of ether oxygens (including phenoxy) is 2. The number of hydrogen-bond acceptors (Lipinski definition) is 5. The SMILES string of the molecule is COCCOc1ccc(F)cc1S(=O)(=O)NCCC1CCCNC1. The fraction of sp³-hybridized carbons (Fsp3) is 0.625. The lowest BCUT2D eigenvalue weighted by Gasteiger charge is -2.22. The molecule has 0 aliphatic carbocycles. The fourth-order valence-corrected chi connectivity index (χ4v) is 3.89. The first-order valence-corrected chi connectivity index (χ1v) is 9.63. The number of sulfonamides is 1. The molecule has 6 nitrogen and oxygen atoms in total. The van der Waals surface area contributed by atoms with Gasteiger partial charge in [0.05, 0.1) is 6.61 Å². The van der Waals surface area contributed by atoms with E-state index in [-0.39, 0.29) is 17.3 Å². The van der Waals surface area contributed by atoms with Gasteiger partial charge < -0.3 is 14.8 Å². The smallest absolute Gasteiger partial charge is 0.244 e. The zero-order valence-corrected chi connectivity index (χ0v) is 14.7. The average Bonchev–Trinajstić information content (AvgIpc) is 2.57. The second-order valence-electron chi connectivity index (χ2n) is 5.83. The summed E-state index contributed by atoms with van der Waals surface area (Å²) in [6.45, 7) is 2.76. The van der Waals surface area contributed by atoms with Gasteiger partial charge in [-0.15, -0.1) is 0 Å². The number of halogens is 1. The highest BCUT2D eigenvalue weighted by Crippen LogP contribution is 2.25. The third-order valence-corrected chi connectivity index (χ3v) is 5.47. The van der Waals surface area contributed by atoms with E-state index in [4.69, 9.17) is 9.47 Å². The van der Waals surface area contributed by atoms with E-state index in [1.54, 1.807) is 0 Å². The summed E-state index contributed by atoms with van der Waals surface area (Å²) in [6.07, 6.45) is 2.96. The summed E-state index contributed by atoms with van der Waals surface area (Å²) < 4.78 is 51.3. The minimum atomic E-state index is -3.83. The van der Waals surface area contributed by atoms with Crippen molar-refractivity contribution in [2.75, 3.05) is 40.0 Å². The maximum absolute atomic E-state index is 13.5. The molecule has 2 N–H and O–H groups in total. The zero-order chi connectivity index (χ0) is 17.4. The van der Waals surface area contributed by atoms with Gasteiger partial charge in [-0.2, -0.15) is 0 Å². The molecule has 0 saturated carbocycles. The zero-order valence-electron chi connectivity index (χ0n) is 13.9. The molecule has 0 amide bonds. The van der Waals surface area contributed by atoms with Crippen molar-refractivity contribution >= 4 is 10.0 Å². The van der Waals surface area contributed by atoms with Gasteiger partial charge in [0.25, 0.3) is 0 Å². The van der Waals surface area contributed by atoms with Gasteiger partial charge in [-0.3, -0.25) is 0 Å². The lowest BCUT2D eigenvalue weighted by atomic mass is 9.96. The number of benzene rings is 1. The Balaban J connectivity index is 1.99. The van der Waals surface area contributed by atoms with E-state index in [1.807, 2.05) is 0 Å². The van der Waals surface area contributed by atoms with Crippen LogP contribution in [0.15, 0.2) is 23.1 Å². The molecule has 1 aliphatic rings. The van der Waals surface area contributed by atoms with E-state index in [0.717, 1.165) is 38.4 Å². The predicted octanol–water partition coefficient (Wildman–Crippen LogP) is 1.52. The quantitative estimate of drug-likeness (QED) is 0.653. The molecule has 1 aromatic carbocycles. The summed E-state index contributed by atoms with van der Waals surface area (Å²) >= 11 is 0. The molecule has 1 heterocycles. The Hall–Kier alpha value is -1.22. The number of hydrogen-bond donors (Lipinski definition) is 2. The van der Waals surface area contributed by atoms with Crippen molar-refractivity contribution in [1.29, 1.82) is 0 Å². The summed E-state index contributed by atoms with van der Waals surface area (Å²) in [7, 11) is -2.31. The lowest BCUT2D eigenvalue weighted by Crippen LogP contribution is -2.33. The molecular weight excluding hydrogens is 335 g/mol. The van der Waals surface area contributed by atoms with Gasteiger partial charge in [0.2, 0.25) is 10.0 Å². The summed E-state index contributed by atoms with van der Waals surface area (Å²) in [4.78, 5) is -0.180. The number of methoxy groups -OCH3 is 1. The molecule has 1 unspecified atom stereocenters. The Labute approximate surface area is 142 Å². The highest BCUT2D eigenvalue weighted by molar-refractivity contribution is 7.89. The standard InChI is InChI=1S/C16H25FN2O4S/c1-22-9-10-23-15-5-4-14(17)11-16(15)24(20,21)19-8-6-13-3-2-7-18-12-13/h4-5,11,13,18-19H,2-3,6-10,12H2,1H3. The van der Waals surface area contributed by atoms with Crippen LogP contribution in [0, 0.1) is 11.7 Å². The molecule has 1 aliphatic heterocycles. The van der Waals surface area contributed by atoms with Crippen LogP contribution in [0.3, 0.4) is 0 Å². The molecule has 0 radical (unpaired) electrons. The molecule has 0 aromatic heterocycles. The molecule has 1 saturated heterocycles. The molecule has 1 aromatic rings. The minimum absolute atomic E-state index is 0.125. The van der Waals surface area contributed by atoms with Gasteiger partial charge in [-0.05, 0) is 56.5 Å². The van der Waals surface area contributed by atoms with E-state index in [9.17, 15) is 12.8 Å². The van der Waals surface area contributed by atoms with Crippen molar-refractivity contribution in [2.45, 2.75) is 24.2 Å². The molecule has 8 heteroatoms. The molecule has 136 valence electrons. The van der Waals surface area contributed by atoms with Crippen molar-refractivity contribution < 1.29 is 22.3 Å². The van der Waals surface area contributed by atoms with E-state index in [2.05, 4.69) is 10.0 Å². The Morgan fingerprint density at radius 1 is 1.38 bits per heavy atom.